The van der Waals surface area contributed by atoms with E-state index in [-0.39, 0.29) is 33.0 Å². The summed E-state index contributed by atoms with van der Waals surface area (Å²) < 4.78 is 7.31. The van der Waals surface area contributed by atoms with Gasteiger partial charge in [0.2, 0.25) is 0 Å². The Kier molecular flexibility index (Phi) is 5.98. The van der Waals surface area contributed by atoms with Gasteiger partial charge in [0.25, 0.3) is 0 Å². The van der Waals surface area contributed by atoms with Crippen LogP contribution in [-0.2, 0) is 32.3 Å². The van der Waals surface area contributed by atoms with Gasteiger partial charge < -0.3 is 20.6 Å². The average Bonchev–Trinajstić information content (AvgIpc) is 2.97. The number of aryl methyl sites for hydroxylation is 1. The Bertz CT molecular complexity index is 796. The summed E-state index contributed by atoms with van der Waals surface area (Å²) in [6.07, 6.45) is 6.80. The molecule has 2 fully saturated rings. The number of rotatable bonds is 5. The molecule has 1 saturated carbocycles. The van der Waals surface area contributed by atoms with Gasteiger partial charge in [-0.25, -0.2) is 9.67 Å². The van der Waals surface area contributed by atoms with Crippen molar-refractivity contribution < 1.29 is 30.6 Å². The van der Waals surface area contributed by atoms with E-state index >= 15 is 0 Å². The molecule has 8 heteroatoms. The Morgan fingerprint density at radius 1 is 1.35 bits per heavy atom. The molecular formula is C18H24N5O2W-. The summed E-state index contributed by atoms with van der Waals surface area (Å²) in [7, 11) is 0. The van der Waals surface area contributed by atoms with Gasteiger partial charge in [-0.3, -0.25) is 0 Å². The van der Waals surface area contributed by atoms with E-state index in [1.54, 1.807) is 6.20 Å². The van der Waals surface area contributed by atoms with Crippen molar-refractivity contribution >= 4 is 22.6 Å². The molecule has 140 valence electrons. The third kappa shape index (κ3) is 3.39. The standard InChI is InChI=1S/C18H25N5O2.W/c1-2-23-18-13(10-20-23)16(21-12-6-8-25-9-7-12)14(17(19)24)15(22-18)11-4-3-5-11;/h10-12H,2-9H2,1H3,(H3,19,20,21,22,24);/p-1. The first-order valence-electron chi connectivity index (χ1n) is 9.18. The predicted octanol–water partition coefficient (Wildman–Crippen LogP) is 3.50. The van der Waals surface area contributed by atoms with E-state index in [9.17, 15) is 4.79 Å². The molecule has 2 aromatic rings. The second-order valence-electron chi connectivity index (χ2n) is 6.93. The van der Waals surface area contributed by atoms with E-state index in [4.69, 9.17) is 15.5 Å². The monoisotopic (exact) mass is 526 g/mol. The minimum Gasteiger partial charge on any atom is -0.663 e. The number of pyridine rings is 1. The fraction of sp³-hybridized carbons (Fsp3) is 0.611. The zero-order chi connectivity index (χ0) is 17.4. The Morgan fingerprint density at radius 3 is 2.65 bits per heavy atom. The zero-order valence-corrected chi connectivity index (χ0v) is 17.9. The van der Waals surface area contributed by atoms with Crippen LogP contribution in [0.2, 0.25) is 0 Å². The molecule has 1 saturated heterocycles. The SMILES string of the molecule is CCn1ncc2c(NC3CCOCC3)c(C([NH-])=O)c(C3CCC3)nc21.[W]. The van der Waals surface area contributed by atoms with Gasteiger partial charge in [0.05, 0.1) is 28.9 Å². The van der Waals surface area contributed by atoms with Crippen molar-refractivity contribution in [1.82, 2.24) is 14.8 Å². The number of hydrogen-bond donors (Lipinski definition) is 1. The topological polar surface area (TPSA) is 92.8 Å². The van der Waals surface area contributed by atoms with Crippen molar-refractivity contribution in [3.8, 4) is 0 Å². The Labute approximate surface area is 167 Å². The summed E-state index contributed by atoms with van der Waals surface area (Å²) in [5.74, 6) is -0.376. The van der Waals surface area contributed by atoms with Gasteiger partial charge in [-0.2, -0.15) is 5.10 Å². The maximum Gasteiger partial charge on any atom is 0.160 e. The van der Waals surface area contributed by atoms with Gasteiger partial charge in [-0.05, 0) is 32.6 Å². The van der Waals surface area contributed by atoms with Crippen LogP contribution in [0.5, 0.6) is 0 Å². The molecule has 0 unspecified atom stereocenters. The van der Waals surface area contributed by atoms with Crippen molar-refractivity contribution in [2.45, 2.75) is 57.5 Å². The number of carbonyl (C=O) groups excluding carboxylic acids is 1. The second-order valence-corrected chi connectivity index (χ2v) is 6.93. The molecule has 2 N–H and O–H groups in total. The molecule has 3 heterocycles. The summed E-state index contributed by atoms with van der Waals surface area (Å²) in [6.45, 7) is 4.21. The van der Waals surface area contributed by atoms with Crippen LogP contribution in [0, 0.1) is 0 Å². The summed E-state index contributed by atoms with van der Waals surface area (Å²) in [6, 6.07) is 0.247. The van der Waals surface area contributed by atoms with Gasteiger partial charge in [-0.1, -0.05) is 6.42 Å². The number of amides is 1. The summed E-state index contributed by atoms with van der Waals surface area (Å²) in [4.78, 5) is 17.0. The minimum atomic E-state index is -0.657. The average molecular weight is 526 g/mol. The zero-order valence-electron chi connectivity index (χ0n) is 15.0. The van der Waals surface area contributed by atoms with Gasteiger partial charge in [0.1, 0.15) is 0 Å². The van der Waals surface area contributed by atoms with E-state index in [1.165, 1.54) is 0 Å². The molecule has 2 aromatic heterocycles. The summed E-state index contributed by atoms with van der Waals surface area (Å²) >= 11 is 0. The fourth-order valence-electron chi connectivity index (χ4n) is 3.74. The molecule has 1 aliphatic carbocycles. The van der Waals surface area contributed by atoms with Crippen LogP contribution in [0.25, 0.3) is 16.8 Å². The van der Waals surface area contributed by atoms with Crippen LogP contribution in [0.3, 0.4) is 0 Å². The Hall–Kier alpha value is -1.46. The number of fused-ring (bicyclic) bond motifs is 1. The molecule has 1 aliphatic heterocycles. The third-order valence-electron chi connectivity index (χ3n) is 5.40. The van der Waals surface area contributed by atoms with Crippen molar-refractivity contribution in [1.29, 1.82) is 0 Å². The maximum absolute atomic E-state index is 12.2. The third-order valence-corrected chi connectivity index (χ3v) is 5.40. The molecule has 7 nitrogen and oxygen atoms in total. The van der Waals surface area contributed by atoms with Crippen LogP contribution >= 0.6 is 0 Å². The quantitative estimate of drug-likeness (QED) is 0.644. The van der Waals surface area contributed by atoms with Crippen molar-refractivity contribution in [3.63, 3.8) is 0 Å². The number of nitrogens with zero attached hydrogens (tertiary/aromatic N) is 3. The molecule has 0 bridgehead atoms. The number of nitrogens with one attached hydrogen (secondary N) is 2. The number of aromatic nitrogens is 3. The normalized spacial score (nSPS) is 18.3. The summed E-state index contributed by atoms with van der Waals surface area (Å²) in [5, 5.41) is 8.81. The molecule has 2 aliphatic rings. The molecule has 1 amide bonds. The van der Waals surface area contributed by atoms with Crippen molar-refractivity contribution in [2.75, 3.05) is 18.5 Å². The molecule has 4 rings (SSSR count). The molecule has 0 spiro atoms. The van der Waals surface area contributed by atoms with E-state index in [2.05, 4.69) is 10.4 Å². The van der Waals surface area contributed by atoms with Gasteiger partial charge >= 0.3 is 0 Å². The van der Waals surface area contributed by atoms with Crippen LogP contribution < -0.4 is 5.32 Å². The number of hydrogen-bond acceptors (Lipinski definition) is 5. The smallest absolute Gasteiger partial charge is 0.160 e. The van der Waals surface area contributed by atoms with Crippen LogP contribution in [0.4, 0.5) is 5.69 Å². The van der Waals surface area contributed by atoms with Crippen LogP contribution in [0.1, 0.15) is 61.0 Å². The Balaban J connectivity index is 0.00000196. The maximum atomic E-state index is 12.2. The minimum absolute atomic E-state index is 0. The van der Waals surface area contributed by atoms with Crippen LogP contribution in [0.15, 0.2) is 6.20 Å². The van der Waals surface area contributed by atoms with Gasteiger partial charge in [0.15, 0.2) is 5.65 Å². The fourth-order valence-corrected chi connectivity index (χ4v) is 3.74. The second kappa shape index (κ2) is 8.05. The first-order valence-corrected chi connectivity index (χ1v) is 9.18. The number of anilines is 1. The van der Waals surface area contributed by atoms with E-state index in [0.717, 1.165) is 74.3 Å². The first kappa shape index (κ1) is 19.3. The molecule has 0 radical (unpaired) electrons. The van der Waals surface area contributed by atoms with E-state index < -0.39 is 5.91 Å². The Morgan fingerprint density at radius 2 is 2.08 bits per heavy atom. The van der Waals surface area contributed by atoms with Gasteiger partial charge in [0, 0.05) is 58.3 Å². The van der Waals surface area contributed by atoms with E-state index in [1.807, 2.05) is 11.6 Å². The molecule has 0 atom stereocenters. The van der Waals surface area contributed by atoms with Crippen molar-refractivity contribution in [3.05, 3.63) is 23.2 Å². The van der Waals surface area contributed by atoms with Crippen molar-refractivity contribution in [2.24, 2.45) is 0 Å². The largest absolute Gasteiger partial charge is 0.663 e. The molecular weight excluding hydrogens is 502 g/mol. The number of carbonyl (C=O) groups is 1. The van der Waals surface area contributed by atoms with Crippen LogP contribution in [-0.4, -0.2) is 39.9 Å². The van der Waals surface area contributed by atoms with Gasteiger partial charge in [-0.15, -0.1) is 0 Å². The molecule has 0 aromatic carbocycles. The molecule has 26 heavy (non-hydrogen) atoms. The summed E-state index contributed by atoms with van der Waals surface area (Å²) in [5.41, 5.74) is 10.6. The number of ether oxygens (including phenoxy) is 1. The van der Waals surface area contributed by atoms with E-state index in [0.29, 0.717) is 5.56 Å². The first-order chi connectivity index (χ1) is 12.2. The predicted molar refractivity (Wildman–Crippen MR) is 95.9 cm³/mol.